The zero-order valence-corrected chi connectivity index (χ0v) is 11.0. The van der Waals surface area contributed by atoms with Crippen molar-refractivity contribution in [1.82, 2.24) is 0 Å². The average molecular weight is 235 g/mol. The molecule has 1 saturated carbocycles. The van der Waals surface area contributed by atoms with Crippen molar-refractivity contribution < 1.29 is 9.47 Å². The van der Waals surface area contributed by atoms with Crippen LogP contribution >= 0.6 is 0 Å². The lowest BCUT2D eigenvalue weighted by Crippen LogP contribution is -2.26. The molecule has 17 heavy (non-hydrogen) atoms. The van der Waals surface area contributed by atoms with E-state index in [0.717, 1.165) is 17.9 Å². The first-order valence-electron chi connectivity index (χ1n) is 5.93. The Hall–Kier alpha value is -1.22. The van der Waals surface area contributed by atoms with Crippen molar-refractivity contribution >= 4 is 0 Å². The zero-order valence-electron chi connectivity index (χ0n) is 11.0. The van der Waals surface area contributed by atoms with E-state index < -0.39 is 0 Å². The molecule has 0 amide bonds. The average Bonchev–Trinajstić information content (AvgIpc) is 2.92. The monoisotopic (exact) mass is 235 g/mol. The third kappa shape index (κ3) is 1.69. The highest BCUT2D eigenvalue weighted by molar-refractivity contribution is 5.50. The minimum Gasteiger partial charge on any atom is -0.497 e. The van der Waals surface area contributed by atoms with E-state index in [1.165, 1.54) is 5.56 Å². The summed E-state index contributed by atoms with van der Waals surface area (Å²) in [5.41, 5.74) is 7.44. The van der Waals surface area contributed by atoms with E-state index in [-0.39, 0.29) is 10.8 Å². The molecule has 0 aliphatic heterocycles. The van der Waals surface area contributed by atoms with Gasteiger partial charge in [0.25, 0.3) is 0 Å². The molecule has 0 saturated heterocycles. The van der Waals surface area contributed by atoms with E-state index in [1.807, 2.05) is 12.1 Å². The first-order chi connectivity index (χ1) is 8.00. The maximum atomic E-state index is 6.00. The predicted octanol–water partition coefficient (Wildman–Crippen LogP) is 2.33. The fourth-order valence-electron chi connectivity index (χ4n) is 2.82. The Morgan fingerprint density at radius 3 is 2.29 bits per heavy atom. The number of methoxy groups -OCH3 is 2. The zero-order chi connectivity index (χ0) is 12.7. The Bertz CT molecular complexity index is 428. The molecule has 2 rings (SSSR count). The van der Waals surface area contributed by atoms with Crippen LogP contribution in [0.3, 0.4) is 0 Å². The molecule has 1 fully saturated rings. The summed E-state index contributed by atoms with van der Waals surface area (Å²) in [6.07, 6.45) is 1.10. The van der Waals surface area contributed by atoms with Crippen molar-refractivity contribution in [3.05, 3.63) is 23.8 Å². The largest absolute Gasteiger partial charge is 0.497 e. The van der Waals surface area contributed by atoms with E-state index in [4.69, 9.17) is 15.2 Å². The van der Waals surface area contributed by atoms with Crippen LogP contribution < -0.4 is 15.2 Å². The lowest BCUT2D eigenvalue weighted by molar-refractivity contribution is 0.386. The van der Waals surface area contributed by atoms with Crippen LogP contribution in [-0.4, -0.2) is 20.8 Å². The van der Waals surface area contributed by atoms with E-state index in [2.05, 4.69) is 19.9 Å². The fourth-order valence-corrected chi connectivity index (χ4v) is 2.82. The van der Waals surface area contributed by atoms with Gasteiger partial charge in [0.05, 0.1) is 14.2 Å². The Morgan fingerprint density at radius 2 is 1.88 bits per heavy atom. The predicted molar refractivity (Wildman–Crippen MR) is 68.7 cm³/mol. The summed E-state index contributed by atoms with van der Waals surface area (Å²) >= 11 is 0. The molecule has 1 aliphatic rings. The Morgan fingerprint density at radius 1 is 1.24 bits per heavy atom. The highest BCUT2D eigenvalue weighted by Crippen LogP contribution is 2.65. The topological polar surface area (TPSA) is 44.5 Å². The normalized spacial score (nSPS) is 25.5. The number of hydrogen-bond acceptors (Lipinski definition) is 3. The van der Waals surface area contributed by atoms with Gasteiger partial charge in [0, 0.05) is 17.5 Å². The summed E-state index contributed by atoms with van der Waals surface area (Å²) in [6, 6.07) is 5.93. The fraction of sp³-hybridized carbons (Fsp3) is 0.571. The molecule has 0 aromatic heterocycles. The highest BCUT2D eigenvalue weighted by Gasteiger charge is 2.62. The molecule has 3 nitrogen and oxygen atoms in total. The molecule has 0 heterocycles. The van der Waals surface area contributed by atoms with Gasteiger partial charge in [-0.1, -0.05) is 13.8 Å². The number of rotatable bonds is 4. The Balaban J connectivity index is 2.50. The summed E-state index contributed by atoms with van der Waals surface area (Å²) in [7, 11) is 3.38. The van der Waals surface area contributed by atoms with Crippen molar-refractivity contribution in [2.24, 2.45) is 11.1 Å². The molecule has 94 valence electrons. The van der Waals surface area contributed by atoms with Crippen LogP contribution in [0.1, 0.15) is 25.8 Å². The molecular weight excluding hydrogens is 214 g/mol. The van der Waals surface area contributed by atoms with Crippen molar-refractivity contribution in [1.29, 1.82) is 0 Å². The van der Waals surface area contributed by atoms with Crippen LogP contribution in [0, 0.1) is 5.41 Å². The van der Waals surface area contributed by atoms with Crippen LogP contribution in [0.4, 0.5) is 0 Å². The second kappa shape index (κ2) is 3.91. The van der Waals surface area contributed by atoms with Crippen LogP contribution in [0.25, 0.3) is 0 Å². The highest BCUT2D eigenvalue weighted by atomic mass is 16.5. The number of ether oxygens (including phenoxy) is 2. The molecular formula is C14H21NO2. The summed E-state index contributed by atoms with van der Waals surface area (Å²) in [5, 5.41) is 0. The van der Waals surface area contributed by atoms with E-state index in [1.54, 1.807) is 14.2 Å². The second-order valence-electron chi connectivity index (χ2n) is 5.41. The third-order valence-corrected chi connectivity index (χ3v) is 4.18. The van der Waals surface area contributed by atoms with Gasteiger partial charge in [0.2, 0.25) is 0 Å². The summed E-state index contributed by atoms with van der Waals surface area (Å²) < 4.78 is 10.7. The lowest BCUT2D eigenvalue weighted by Gasteiger charge is -2.22. The molecule has 2 N–H and O–H groups in total. The van der Waals surface area contributed by atoms with Crippen molar-refractivity contribution in [2.45, 2.75) is 25.7 Å². The summed E-state index contributed by atoms with van der Waals surface area (Å²) in [4.78, 5) is 0. The molecule has 1 atom stereocenters. The van der Waals surface area contributed by atoms with Gasteiger partial charge in [-0.05, 0) is 30.0 Å². The minimum atomic E-state index is 0.0346. The van der Waals surface area contributed by atoms with Crippen LogP contribution in [0.5, 0.6) is 11.5 Å². The molecule has 0 bridgehead atoms. The van der Waals surface area contributed by atoms with Crippen LogP contribution in [0.15, 0.2) is 18.2 Å². The van der Waals surface area contributed by atoms with Crippen LogP contribution in [-0.2, 0) is 5.41 Å². The maximum absolute atomic E-state index is 6.00. The smallest absolute Gasteiger partial charge is 0.122 e. The van der Waals surface area contributed by atoms with E-state index in [0.29, 0.717) is 6.54 Å². The summed E-state index contributed by atoms with van der Waals surface area (Å²) in [5.74, 6) is 1.76. The standard InChI is InChI=1S/C14H21NO2/c1-13(2)8-14(13,9-15)11-7-10(16-3)5-6-12(11)17-4/h5-7H,8-9,15H2,1-4H3. The van der Waals surface area contributed by atoms with Gasteiger partial charge in [0.15, 0.2) is 0 Å². The van der Waals surface area contributed by atoms with E-state index >= 15 is 0 Å². The van der Waals surface area contributed by atoms with Gasteiger partial charge in [-0.15, -0.1) is 0 Å². The van der Waals surface area contributed by atoms with Gasteiger partial charge >= 0.3 is 0 Å². The third-order valence-electron chi connectivity index (χ3n) is 4.18. The molecule has 1 aromatic rings. The first-order valence-corrected chi connectivity index (χ1v) is 5.93. The van der Waals surface area contributed by atoms with E-state index in [9.17, 15) is 0 Å². The van der Waals surface area contributed by atoms with Gasteiger partial charge in [0.1, 0.15) is 11.5 Å². The summed E-state index contributed by atoms with van der Waals surface area (Å²) in [6.45, 7) is 5.14. The molecule has 0 spiro atoms. The van der Waals surface area contributed by atoms with Gasteiger partial charge in [-0.3, -0.25) is 0 Å². The molecule has 1 aliphatic carbocycles. The van der Waals surface area contributed by atoms with Crippen molar-refractivity contribution in [3.8, 4) is 11.5 Å². The van der Waals surface area contributed by atoms with Gasteiger partial charge in [-0.25, -0.2) is 0 Å². The number of nitrogens with two attached hydrogens (primary N) is 1. The number of hydrogen-bond donors (Lipinski definition) is 1. The van der Waals surface area contributed by atoms with Gasteiger partial charge in [-0.2, -0.15) is 0 Å². The molecule has 1 unspecified atom stereocenters. The van der Waals surface area contributed by atoms with Crippen LogP contribution in [0.2, 0.25) is 0 Å². The quantitative estimate of drug-likeness (QED) is 0.871. The molecule has 1 aromatic carbocycles. The number of benzene rings is 1. The maximum Gasteiger partial charge on any atom is 0.122 e. The van der Waals surface area contributed by atoms with Gasteiger partial charge < -0.3 is 15.2 Å². The van der Waals surface area contributed by atoms with Crippen molar-refractivity contribution in [3.63, 3.8) is 0 Å². The minimum absolute atomic E-state index is 0.0346. The molecule has 0 radical (unpaired) electrons. The second-order valence-corrected chi connectivity index (χ2v) is 5.41. The first kappa shape index (κ1) is 12.2. The molecule has 3 heteroatoms. The Labute approximate surface area is 103 Å². The van der Waals surface area contributed by atoms with Crippen molar-refractivity contribution in [2.75, 3.05) is 20.8 Å². The lowest BCUT2D eigenvalue weighted by atomic mass is 9.87. The Kier molecular flexibility index (Phi) is 2.82. The SMILES string of the molecule is COc1ccc(OC)c(C2(CN)CC2(C)C)c1.